The van der Waals surface area contributed by atoms with Crippen LogP contribution in [0.4, 0.5) is 10.1 Å². The van der Waals surface area contributed by atoms with Crippen molar-refractivity contribution in [2.75, 3.05) is 18.8 Å². The molecule has 2 rings (SSSR count). The fraction of sp³-hybridized carbons (Fsp3) is 0.400. The minimum Gasteiger partial charge on any atom is -0.399 e. The Labute approximate surface area is 109 Å². The Balaban J connectivity index is 2.48. The van der Waals surface area contributed by atoms with Crippen LogP contribution in [0.15, 0.2) is 17.0 Å². The molecule has 1 saturated heterocycles. The highest BCUT2D eigenvalue weighted by Gasteiger charge is 2.34. The lowest BCUT2D eigenvalue weighted by Crippen LogP contribution is -2.30. The third kappa shape index (κ3) is 2.31. The summed E-state index contributed by atoms with van der Waals surface area (Å²) in [7, 11) is -4.01. The molecule has 0 amide bonds. The molecule has 1 heterocycles. The second kappa shape index (κ2) is 4.65. The fourth-order valence-corrected chi connectivity index (χ4v) is 3.74. The average Bonchev–Trinajstić information content (AvgIpc) is 2.70. The van der Waals surface area contributed by atoms with Gasteiger partial charge in [-0.15, -0.1) is 0 Å². The van der Waals surface area contributed by atoms with E-state index in [9.17, 15) is 17.9 Å². The van der Waals surface area contributed by atoms with E-state index in [1.165, 1.54) is 0 Å². The topological polar surface area (TPSA) is 83.6 Å². The predicted octanol–water partition coefficient (Wildman–Crippen LogP) is 0.817. The largest absolute Gasteiger partial charge is 0.399 e. The van der Waals surface area contributed by atoms with Crippen LogP contribution in [0, 0.1) is 5.82 Å². The molecule has 0 unspecified atom stereocenters. The second-order valence-electron chi connectivity index (χ2n) is 4.12. The summed E-state index contributed by atoms with van der Waals surface area (Å²) < 4.78 is 39.1. The van der Waals surface area contributed by atoms with E-state index >= 15 is 0 Å². The van der Waals surface area contributed by atoms with Crippen LogP contribution < -0.4 is 5.73 Å². The van der Waals surface area contributed by atoms with Gasteiger partial charge in [-0.05, 0) is 18.6 Å². The summed E-state index contributed by atoms with van der Waals surface area (Å²) in [6, 6.07) is 2.18. The van der Waals surface area contributed by atoms with Crippen LogP contribution in [0.5, 0.6) is 0 Å². The van der Waals surface area contributed by atoms with Crippen molar-refractivity contribution in [3.05, 3.63) is 23.0 Å². The van der Waals surface area contributed by atoms with Crippen molar-refractivity contribution in [3.8, 4) is 0 Å². The van der Waals surface area contributed by atoms with Gasteiger partial charge < -0.3 is 10.8 Å². The summed E-state index contributed by atoms with van der Waals surface area (Å²) in [6.45, 7) is 0.101. The van der Waals surface area contributed by atoms with Gasteiger partial charge in [0, 0.05) is 18.8 Å². The molecule has 1 aliphatic heterocycles. The van der Waals surface area contributed by atoms with Gasteiger partial charge >= 0.3 is 0 Å². The zero-order valence-corrected chi connectivity index (χ0v) is 10.9. The smallest absolute Gasteiger partial charge is 0.246 e. The molecule has 5 nitrogen and oxygen atoms in total. The first-order valence-corrected chi connectivity index (χ1v) is 7.07. The maximum Gasteiger partial charge on any atom is 0.246 e. The lowest BCUT2D eigenvalue weighted by atomic mass is 10.3. The van der Waals surface area contributed by atoms with Gasteiger partial charge in [-0.2, -0.15) is 4.31 Å². The number of hydrogen-bond donors (Lipinski definition) is 2. The number of benzene rings is 1. The molecule has 0 bridgehead atoms. The Morgan fingerprint density at radius 1 is 1.50 bits per heavy atom. The quantitative estimate of drug-likeness (QED) is 0.791. The van der Waals surface area contributed by atoms with E-state index in [2.05, 4.69) is 0 Å². The summed E-state index contributed by atoms with van der Waals surface area (Å²) in [5.74, 6) is -1.02. The molecule has 0 spiro atoms. The van der Waals surface area contributed by atoms with Gasteiger partial charge in [0.2, 0.25) is 10.0 Å². The summed E-state index contributed by atoms with van der Waals surface area (Å²) in [4.78, 5) is -0.554. The van der Waals surface area contributed by atoms with Gasteiger partial charge in [-0.1, -0.05) is 11.6 Å². The molecular weight excluding hydrogens is 283 g/mol. The molecule has 1 aliphatic rings. The van der Waals surface area contributed by atoms with Crippen LogP contribution in [0.3, 0.4) is 0 Å². The first-order chi connectivity index (χ1) is 8.32. The number of halogens is 2. The van der Waals surface area contributed by atoms with Crippen LogP contribution in [0.1, 0.15) is 6.42 Å². The second-order valence-corrected chi connectivity index (χ2v) is 6.43. The summed E-state index contributed by atoms with van der Waals surface area (Å²) in [6.07, 6.45) is -0.393. The van der Waals surface area contributed by atoms with Crippen LogP contribution >= 0.6 is 11.6 Å². The summed E-state index contributed by atoms with van der Waals surface area (Å²) in [5.41, 5.74) is 5.54. The van der Waals surface area contributed by atoms with Gasteiger partial charge in [-0.3, -0.25) is 0 Å². The van der Waals surface area contributed by atoms with Crippen molar-refractivity contribution in [2.24, 2.45) is 0 Å². The third-order valence-corrected chi connectivity index (χ3v) is 4.90. The lowest BCUT2D eigenvalue weighted by Gasteiger charge is -2.16. The van der Waals surface area contributed by atoms with Crippen molar-refractivity contribution in [1.82, 2.24) is 4.31 Å². The number of nitrogen functional groups attached to an aromatic ring is 1. The zero-order chi connectivity index (χ0) is 13.5. The molecule has 8 heteroatoms. The highest BCUT2D eigenvalue weighted by atomic mass is 35.5. The minimum absolute atomic E-state index is 0.0474. The van der Waals surface area contributed by atoms with E-state index in [1.54, 1.807) is 0 Å². The van der Waals surface area contributed by atoms with E-state index < -0.39 is 26.8 Å². The molecule has 0 saturated carbocycles. The molecule has 0 radical (unpaired) electrons. The van der Waals surface area contributed by atoms with Crippen LogP contribution in [-0.2, 0) is 10.0 Å². The van der Waals surface area contributed by atoms with E-state index in [4.69, 9.17) is 17.3 Å². The van der Waals surface area contributed by atoms with Crippen molar-refractivity contribution in [3.63, 3.8) is 0 Å². The molecule has 1 atom stereocenters. The fourth-order valence-electron chi connectivity index (χ4n) is 1.84. The molecule has 1 fully saturated rings. The lowest BCUT2D eigenvalue weighted by molar-refractivity contribution is 0.189. The minimum atomic E-state index is -4.01. The molecule has 0 aromatic heterocycles. The normalized spacial score (nSPS) is 21.4. The Morgan fingerprint density at radius 2 is 2.17 bits per heavy atom. The maximum absolute atomic E-state index is 13.8. The van der Waals surface area contributed by atoms with Crippen LogP contribution in [0.25, 0.3) is 0 Å². The van der Waals surface area contributed by atoms with Gasteiger partial charge in [0.25, 0.3) is 0 Å². The number of rotatable bonds is 2. The van der Waals surface area contributed by atoms with Gasteiger partial charge in [0.05, 0.1) is 11.1 Å². The molecule has 3 N–H and O–H groups in total. The van der Waals surface area contributed by atoms with E-state index in [-0.39, 0.29) is 23.8 Å². The number of nitrogens with two attached hydrogens (primary N) is 1. The number of aliphatic hydroxyl groups is 1. The van der Waals surface area contributed by atoms with E-state index in [1.807, 2.05) is 0 Å². The highest BCUT2D eigenvalue weighted by molar-refractivity contribution is 7.89. The van der Waals surface area contributed by atoms with Crippen LogP contribution in [-0.4, -0.2) is 37.0 Å². The number of aliphatic hydroxyl groups excluding tert-OH is 1. The third-order valence-electron chi connectivity index (χ3n) is 2.76. The van der Waals surface area contributed by atoms with Crippen molar-refractivity contribution in [2.45, 2.75) is 17.4 Å². The molecule has 100 valence electrons. The molecule has 1 aromatic carbocycles. The van der Waals surface area contributed by atoms with Crippen molar-refractivity contribution < 1.29 is 17.9 Å². The standard InChI is InChI=1S/C10H12ClFN2O3S/c11-8-3-6(13)4-9(10(8)12)18(16,17)14-2-1-7(15)5-14/h3-4,7,15H,1-2,5,13H2/t7-/m1/s1. The Hall–Kier alpha value is -0.890. The van der Waals surface area contributed by atoms with Crippen molar-refractivity contribution >= 4 is 27.3 Å². The molecule has 18 heavy (non-hydrogen) atoms. The Kier molecular flexibility index (Phi) is 3.50. The first kappa shape index (κ1) is 13.5. The van der Waals surface area contributed by atoms with E-state index in [0.29, 0.717) is 6.42 Å². The monoisotopic (exact) mass is 294 g/mol. The Morgan fingerprint density at radius 3 is 2.72 bits per heavy atom. The SMILES string of the molecule is Nc1cc(Cl)c(F)c(S(=O)(=O)N2CC[C@@H](O)C2)c1. The van der Waals surface area contributed by atoms with E-state index in [0.717, 1.165) is 16.4 Å². The van der Waals surface area contributed by atoms with Gasteiger partial charge in [0.15, 0.2) is 5.82 Å². The average molecular weight is 295 g/mol. The van der Waals surface area contributed by atoms with Crippen molar-refractivity contribution in [1.29, 1.82) is 0 Å². The number of nitrogens with zero attached hydrogens (tertiary/aromatic N) is 1. The van der Waals surface area contributed by atoms with Gasteiger partial charge in [-0.25, -0.2) is 12.8 Å². The number of sulfonamides is 1. The number of anilines is 1. The Bertz CT molecular complexity index is 579. The predicted molar refractivity (Wildman–Crippen MR) is 65.2 cm³/mol. The first-order valence-electron chi connectivity index (χ1n) is 5.25. The summed E-state index contributed by atoms with van der Waals surface area (Å²) >= 11 is 5.57. The highest BCUT2D eigenvalue weighted by Crippen LogP contribution is 2.29. The molecule has 1 aromatic rings. The summed E-state index contributed by atoms with van der Waals surface area (Å²) in [5, 5.41) is 9.00. The van der Waals surface area contributed by atoms with Gasteiger partial charge in [0.1, 0.15) is 4.90 Å². The number of β-amino-alcohol motifs (C(OH)–C–C–N with tert-alkyl or cyclic N) is 1. The number of hydrogen-bond acceptors (Lipinski definition) is 4. The van der Waals surface area contributed by atoms with Crippen LogP contribution in [0.2, 0.25) is 5.02 Å². The maximum atomic E-state index is 13.8. The molecule has 0 aliphatic carbocycles. The zero-order valence-electron chi connectivity index (χ0n) is 9.31. The molecular formula is C10H12ClFN2O3S.